The van der Waals surface area contributed by atoms with Crippen molar-refractivity contribution in [3.8, 4) is 0 Å². The molecule has 5 nitrogen and oxygen atoms in total. The van der Waals surface area contributed by atoms with Crippen LogP contribution in [-0.4, -0.2) is 38.2 Å². The maximum absolute atomic E-state index is 12.0. The summed E-state index contributed by atoms with van der Waals surface area (Å²) < 4.78 is 9.86. The first-order chi connectivity index (χ1) is 9.51. The maximum Gasteiger partial charge on any atom is 0.340 e. The molecule has 0 N–H and O–H groups in total. The van der Waals surface area contributed by atoms with Crippen molar-refractivity contribution in [3.05, 3.63) is 29.3 Å². The second-order valence-electron chi connectivity index (χ2n) is 3.99. The lowest BCUT2D eigenvalue weighted by Gasteiger charge is -2.26. The minimum Gasteiger partial charge on any atom is -0.464 e. The summed E-state index contributed by atoms with van der Waals surface area (Å²) in [6.07, 6.45) is 0. The molecule has 6 heteroatoms. The van der Waals surface area contributed by atoms with E-state index in [4.69, 9.17) is 21.1 Å². The summed E-state index contributed by atoms with van der Waals surface area (Å²) in [5.41, 5.74) is 0.667. The van der Waals surface area contributed by atoms with Gasteiger partial charge >= 0.3 is 11.9 Å². The lowest BCUT2D eigenvalue weighted by molar-refractivity contribution is -0.156. The summed E-state index contributed by atoms with van der Waals surface area (Å²) in [6, 6.07) is 5.67. The molecule has 20 heavy (non-hydrogen) atoms. The molecule has 0 aromatic heterocycles. The molecular formula is C14H18ClNO4. The van der Waals surface area contributed by atoms with Gasteiger partial charge in [-0.25, -0.2) is 9.59 Å². The molecule has 0 heterocycles. The number of hydrogen-bond acceptors (Lipinski definition) is 5. The summed E-state index contributed by atoms with van der Waals surface area (Å²) in [4.78, 5) is 25.4. The maximum atomic E-state index is 12.0. The van der Waals surface area contributed by atoms with Crippen molar-refractivity contribution in [2.75, 3.05) is 25.2 Å². The molecule has 0 radical (unpaired) electrons. The van der Waals surface area contributed by atoms with Gasteiger partial charge in [0.25, 0.3) is 0 Å². The lowest BCUT2D eigenvalue weighted by Crippen LogP contribution is -2.46. The van der Waals surface area contributed by atoms with Crippen LogP contribution in [0.3, 0.4) is 0 Å². The van der Waals surface area contributed by atoms with E-state index in [2.05, 4.69) is 0 Å². The Bertz CT molecular complexity index is 443. The molecule has 0 saturated carbocycles. The van der Waals surface area contributed by atoms with Crippen molar-refractivity contribution in [1.82, 2.24) is 0 Å². The Balaban J connectivity index is 2.99. The zero-order valence-corrected chi connectivity index (χ0v) is 12.5. The Hall–Kier alpha value is -1.75. The van der Waals surface area contributed by atoms with Crippen molar-refractivity contribution in [2.45, 2.75) is 19.9 Å². The predicted octanol–water partition coefficient (Wildman–Crippen LogP) is 2.27. The number of likely N-dealkylation sites (N-methyl/N-ethyl adjacent to an activating group) is 1. The van der Waals surface area contributed by atoms with Crippen LogP contribution in [0.1, 0.15) is 13.8 Å². The first kappa shape index (κ1) is 16.3. The van der Waals surface area contributed by atoms with E-state index in [-0.39, 0.29) is 13.2 Å². The molecule has 0 atom stereocenters. The van der Waals surface area contributed by atoms with E-state index in [1.54, 1.807) is 45.2 Å². The van der Waals surface area contributed by atoms with Crippen molar-refractivity contribution >= 4 is 29.2 Å². The highest BCUT2D eigenvalue weighted by Crippen LogP contribution is 2.19. The fraction of sp³-hybridized carbons (Fsp3) is 0.429. The highest BCUT2D eigenvalue weighted by atomic mass is 35.5. The molecule has 0 aliphatic heterocycles. The molecule has 0 aliphatic rings. The second kappa shape index (κ2) is 7.75. The molecule has 1 rings (SSSR count). The third-order valence-corrected chi connectivity index (χ3v) is 2.89. The van der Waals surface area contributed by atoms with Crippen LogP contribution < -0.4 is 4.90 Å². The monoisotopic (exact) mass is 299 g/mol. The quantitative estimate of drug-likeness (QED) is 0.596. The summed E-state index contributed by atoms with van der Waals surface area (Å²) in [7, 11) is 1.63. The van der Waals surface area contributed by atoms with E-state index in [1.165, 1.54) is 4.90 Å². The molecule has 0 amide bonds. The largest absolute Gasteiger partial charge is 0.464 e. The van der Waals surface area contributed by atoms with Crippen LogP contribution in [0.25, 0.3) is 0 Å². The van der Waals surface area contributed by atoms with Crippen LogP contribution in [0.4, 0.5) is 5.69 Å². The number of carbonyl (C=O) groups is 2. The van der Waals surface area contributed by atoms with E-state index in [0.717, 1.165) is 0 Å². The number of halogens is 1. The van der Waals surface area contributed by atoms with Crippen LogP contribution in [0.15, 0.2) is 24.3 Å². The van der Waals surface area contributed by atoms with Crippen LogP contribution >= 0.6 is 11.6 Å². The molecule has 0 unspecified atom stereocenters. The number of ether oxygens (including phenoxy) is 2. The fourth-order valence-corrected chi connectivity index (χ4v) is 1.81. The number of hydrogen-bond donors (Lipinski definition) is 0. The molecule has 0 aliphatic carbocycles. The number of rotatable bonds is 6. The van der Waals surface area contributed by atoms with Crippen LogP contribution in [0, 0.1) is 0 Å². The van der Waals surface area contributed by atoms with Gasteiger partial charge < -0.3 is 14.4 Å². The van der Waals surface area contributed by atoms with Crippen molar-refractivity contribution in [2.24, 2.45) is 0 Å². The van der Waals surface area contributed by atoms with Crippen molar-refractivity contribution in [3.63, 3.8) is 0 Å². The van der Waals surface area contributed by atoms with Gasteiger partial charge in [0.2, 0.25) is 6.04 Å². The van der Waals surface area contributed by atoms with Gasteiger partial charge in [0.05, 0.1) is 13.2 Å². The first-order valence-corrected chi connectivity index (χ1v) is 6.70. The van der Waals surface area contributed by atoms with Crippen molar-refractivity contribution < 1.29 is 19.1 Å². The predicted molar refractivity (Wildman–Crippen MR) is 76.9 cm³/mol. The van der Waals surface area contributed by atoms with Gasteiger partial charge in [0.15, 0.2) is 0 Å². The minimum atomic E-state index is -1.13. The first-order valence-electron chi connectivity index (χ1n) is 6.32. The van der Waals surface area contributed by atoms with Gasteiger partial charge in [-0.2, -0.15) is 0 Å². The van der Waals surface area contributed by atoms with Crippen LogP contribution in [-0.2, 0) is 19.1 Å². The van der Waals surface area contributed by atoms with E-state index in [1.807, 2.05) is 0 Å². The Kier molecular flexibility index (Phi) is 6.31. The third-order valence-electron chi connectivity index (χ3n) is 2.64. The van der Waals surface area contributed by atoms with Gasteiger partial charge in [-0.3, -0.25) is 0 Å². The zero-order valence-electron chi connectivity index (χ0n) is 11.8. The Morgan fingerprint density at radius 1 is 1.10 bits per heavy atom. The summed E-state index contributed by atoms with van der Waals surface area (Å²) in [6.45, 7) is 3.76. The van der Waals surface area contributed by atoms with E-state index in [0.29, 0.717) is 10.7 Å². The number of anilines is 1. The Labute approximate surface area is 123 Å². The fourth-order valence-electron chi connectivity index (χ4n) is 1.68. The Morgan fingerprint density at radius 2 is 1.55 bits per heavy atom. The number of esters is 2. The number of carbonyl (C=O) groups excluding carboxylic acids is 2. The average Bonchev–Trinajstić information content (AvgIpc) is 2.40. The molecule has 110 valence electrons. The molecule has 0 bridgehead atoms. The number of benzene rings is 1. The van der Waals surface area contributed by atoms with Gasteiger partial charge in [-0.05, 0) is 38.1 Å². The Morgan fingerprint density at radius 3 is 1.95 bits per heavy atom. The molecule has 0 fully saturated rings. The normalized spacial score (nSPS) is 10.2. The van der Waals surface area contributed by atoms with Gasteiger partial charge in [0, 0.05) is 17.8 Å². The van der Waals surface area contributed by atoms with Gasteiger partial charge in [-0.1, -0.05) is 11.6 Å². The topological polar surface area (TPSA) is 55.8 Å². The van der Waals surface area contributed by atoms with E-state index < -0.39 is 18.0 Å². The zero-order chi connectivity index (χ0) is 15.1. The molecular weight excluding hydrogens is 282 g/mol. The molecule has 1 aromatic rings. The average molecular weight is 300 g/mol. The summed E-state index contributed by atoms with van der Waals surface area (Å²) in [5, 5.41) is 0.575. The standard InChI is InChI=1S/C14H18ClNO4/c1-4-19-13(17)12(14(18)20-5-2)16(3)11-8-6-10(15)7-9-11/h6-9,12H,4-5H2,1-3H3. The lowest BCUT2D eigenvalue weighted by atomic mass is 10.2. The van der Waals surface area contributed by atoms with Gasteiger partial charge in [0.1, 0.15) is 0 Å². The van der Waals surface area contributed by atoms with E-state index in [9.17, 15) is 9.59 Å². The van der Waals surface area contributed by atoms with Crippen molar-refractivity contribution in [1.29, 1.82) is 0 Å². The molecule has 1 aromatic carbocycles. The smallest absolute Gasteiger partial charge is 0.340 e. The highest BCUT2D eigenvalue weighted by molar-refractivity contribution is 6.30. The SMILES string of the molecule is CCOC(=O)C(C(=O)OCC)N(C)c1ccc(Cl)cc1. The second-order valence-corrected chi connectivity index (χ2v) is 4.43. The molecule has 0 spiro atoms. The molecule has 0 saturated heterocycles. The van der Waals surface area contributed by atoms with Gasteiger partial charge in [-0.15, -0.1) is 0 Å². The van der Waals surface area contributed by atoms with E-state index >= 15 is 0 Å². The summed E-state index contributed by atoms with van der Waals surface area (Å²) in [5.74, 6) is -1.27. The van der Waals surface area contributed by atoms with Crippen LogP contribution in [0.2, 0.25) is 5.02 Å². The van der Waals surface area contributed by atoms with Crippen LogP contribution in [0.5, 0.6) is 0 Å². The third kappa shape index (κ3) is 4.13. The summed E-state index contributed by atoms with van der Waals surface area (Å²) >= 11 is 5.82. The minimum absolute atomic E-state index is 0.198. The highest BCUT2D eigenvalue weighted by Gasteiger charge is 2.33. The number of nitrogens with zero attached hydrogens (tertiary/aromatic N) is 1.